The van der Waals surface area contributed by atoms with Crippen molar-refractivity contribution in [1.82, 2.24) is 9.80 Å². The summed E-state index contributed by atoms with van der Waals surface area (Å²) < 4.78 is 6.06. The zero-order valence-corrected chi connectivity index (χ0v) is 16.7. The summed E-state index contributed by atoms with van der Waals surface area (Å²) in [6.07, 6.45) is 3.57. The van der Waals surface area contributed by atoms with Crippen LogP contribution in [-0.2, 0) is 16.1 Å². The number of rotatable bonds is 6. The molecule has 1 N–H and O–H groups in total. The summed E-state index contributed by atoms with van der Waals surface area (Å²) in [5.74, 6) is 0.715. The van der Waals surface area contributed by atoms with Crippen LogP contribution >= 0.6 is 0 Å². The van der Waals surface area contributed by atoms with Crippen LogP contribution in [0.25, 0.3) is 0 Å². The maximum Gasteiger partial charge on any atom is 0.254 e. The average Bonchev–Trinajstić information content (AvgIpc) is 2.69. The minimum atomic E-state index is -0.737. The molecule has 0 spiro atoms. The number of ether oxygens (including phenoxy) is 1. The lowest BCUT2D eigenvalue weighted by atomic mass is 9.96. The van der Waals surface area contributed by atoms with Crippen LogP contribution in [0, 0.1) is 5.92 Å². The third kappa shape index (κ3) is 5.77. The number of carbonyl (C=O) groups is 1. The molecule has 2 aliphatic rings. The number of hydrogen-bond donors (Lipinski definition) is 1. The molecule has 1 amide bonds. The topological polar surface area (TPSA) is 53.0 Å². The largest absolute Gasteiger partial charge is 0.390 e. The Morgan fingerprint density at radius 1 is 1.19 bits per heavy atom. The van der Waals surface area contributed by atoms with Gasteiger partial charge in [0.1, 0.15) is 0 Å². The van der Waals surface area contributed by atoms with Crippen LogP contribution in [0.4, 0.5) is 0 Å². The van der Waals surface area contributed by atoms with Crippen LogP contribution in [0.3, 0.4) is 0 Å². The van der Waals surface area contributed by atoms with Gasteiger partial charge in [-0.3, -0.25) is 4.79 Å². The van der Waals surface area contributed by atoms with E-state index < -0.39 is 12.2 Å². The van der Waals surface area contributed by atoms with Gasteiger partial charge >= 0.3 is 0 Å². The average molecular weight is 375 g/mol. The Morgan fingerprint density at radius 2 is 1.89 bits per heavy atom. The van der Waals surface area contributed by atoms with Crippen molar-refractivity contribution in [2.75, 3.05) is 26.7 Å². The van der Waals surface area contributed by atoms with Gasteiger partial charge in [0.15, 0.2) is 6.10 Å². The van der Waals surface area contributed by atoms with E-state index in [2.05, 4.69) is 11.8 Å². The predicted molar refractivity (Wildman–Crippen MR) is 106 cm³/mol. The highest BCUT2D eigenvalue weighted by Crippen LogP contribution is 2.25. The molecule has 5 nitrogen and oxygen atoms in total. The van der Waals surface area contributed by atoms with E-state index in [0.29, 0.717) is 13.0 Å². The lowest BCUT2D eigenvalue weighted by Crippen LogP contribution is -2.49. The number of likely N-dealkylation sites (N-methyl/N-ethyl adjacent to an activating group) is 1. The second-order valence-corrected chi connectivity index (χ2v) is 8.32. The summed E-state index contributed by atoms with van der Waals surface area (Å²) >= 11 is 0. The molecule has 3 unspecified atom stereocenters. The number of piperidine rings is 1. The van der Waals surface area contributed by atoms with E-state index in [1.54, 1.807) is 11.9 Å². The van der Waals surface area contributed by atoms with Crippen LogP contribution in [0.15, 0.2) is 30.3 Å². The minimum Gasteiger partial charge on any atom is -0.390 e. The first-order chi connectivity index (χ1) is 13.0. The number of amides is 1. The molecule has 0 saturated carbocycles. The summed E-state index contributed by atoms with van der Waals surface area (Å²) in [7, 11) is 1.78. The molecule has 27 heavy (non-hydrogen) atoms. The van der Waals surface area contributed by atoms with Gasteiger partial charge in [0, 0.05) is 20.1 Å². The third-order valence-electron chi connectivity index (χ3n) is 6.00. The van der Waals surface area contributed by atoms with Gasteiger partial charge in [-0.15, -0.1) is 0 Å². The molecule has 2 heterocycles. The molecule has 150 valence electrons. The summed E-state index contributed by atoms with van der Waals surface area (Å²) in [6, 6.07) is 9.91. The number of aliphatic hydroxyl groups excluding tert-OH is 1. The highest BCUT2D eigenvalue weighted by Gasteiger charge is 2.36. The van der Waals surface area contributed by atoms with Gasteiger partial charge in [-0.25, -0.2) is 0 Å². The summed E-state index contributed by atoms with van der Waals surface area (Å²) in [4.78, 5) is 17.0. The van der Waals surface area contributed by atoms with Crippen LogP contribution in [-0.4, -0.2) is 65.8 Å². The fourth-order valence-corrected chi connectivity index (χ4v) is 4.07. The Labute approximate surface area is 163 Å². The molecule has 2 aliphatic heterocycles. The maximum absolute atomic E-state index is 12.8. The molecule has 5 heteroatoms. The molecule has 1 aromatic rings. The molecule has 0 aliphatic carbocycles. The Morgan fingerprint density at radius 3 is 2.59 bits per heavy atom. The molecular weight excluding hydrogens is 340 g/mol. The first-order valence-corrected chi connectivity index (χ1v) is 10.4. The normalized spacial score (nSPS) is 27.4. The van der Waals surface area contributed by atoms with Crippen molar-refractivity contribution in [2.24, 2.45) is 5.92 Å². The number of likely N-dealkylation sites (tertiary alicyclic amines) is 1. The molecule has 3 rings (SSSR count). The zero-order chi connectivity index (χ0) is 19.2. The van der Waals surface area contributed by atoms with Crippen molar-refractivity contribution in [1.29, 1.82) is 0 Å². The lowest BCUT2D eigenvalue weighted by Gasteiger charge is -2.36. The van der Waals surface area contributed by atoms with E-state index in [1.807, 2.05) is 30.3 Å². The number of carbonyl (C=O) groups excluding carboxylic acids is 1. The number of nitrogens with zero attached hydrogens (tertiary/aromatic N) is 2. The van der Waals surface area contributed by atoms with Crippen molar-refractivity contribution in [3.8, 4) is 0 Å². The Hall–Kier alpha value is -1.43. The van der Waals surface area contributed by atoms with Gasteiger partial charge in [-0.1, -0.05) is 37.3 Å². The molecule has 3 atom stereocenters. The van der Waals surface area contributed by atoms with Gasteiger partial charge in [-0.05, 0) is 56.7 Å². The van der Waals surface area contributed by atoms with Crippen LogP contribution < -0.4 is 0 Å². The highest BCUT2D eigenvalue weighted by molar-refractivity contribution is 5.81. The molecule has 0 radical (unpaired) electrons. The second kappa shape index (κ2) is 9.67. The number of hydrogen-bond acceptors (Lipinski definition) is 4. The lowest BCUT2D eigenvalue weighted by molar-refractivity contribution is -0.168. The Bertz CT molecular complexity index is 586. The van der Waals surface area contributed by atoms with E-state index >= 15 is 0 Å². The molecule has 2 saturated heterocycles. The standard InChI is InChI=1S/C22H34N2O3/c1-17-10-13-24(14-11-17)15-12-19-8-9-20(25)21(27-19)22(26)23(2)16-18-6-4-3-5-7-18/h3-7,17,19-21,25H,8-16H2,1-2H3. The van der Waals surface area contributed by atoms with Crippen molar-refractivity contribution >= 4 is 5.91 Å². The van der Waals surface area contributed by atoms with Crippen molar-refractivity contribution in [2.45, 2.75) is 63.9 Å². The quantitative estimate of drug-likeness (QED) is 0.832. The molecule has 2 fully saturated rings. The first-order valence-electron chi connectivity index (χ1n) is 10.4. The van der Waals surface area contributed by atoms with Crippen LogP contribution in [0.1, 0.15) is 44.6 Å². The number of aliphatic hydroxyl groups is 1. The number of benzene rings is 1. The van der Waals surface area contributed by atoms with Gasteiger partial charge in [0.05, 0.1) is 12.2 Å². The molecule has 1 aromatic carbocycles. The van der Waals surface area contributed by atoms with E-state index in [0.717, 1.165) is 30.9 Å². The highest BCUT2D eigenvalue weighted by atomic mass is 16.5. The van der Waals surface area contributed by atoms with Gasteiger partial charge in [0.2, 0.25) is 0 Å². The monoisotopic (exact) mass is 374 g/mol. The van der Waals surface area contributed by atoms with Crippen LogP contribution in [0.2, 0.25) is 0 Å². The Balaban J connectivity index is 1.49. The smallest absolute Gasteiger partial charge is 0.254 e. The predicted octanol–water partition coefficient (Wildman–Crippen LogP) is 2.68. The fraction of sp³-hybridized carbons (Fsp3) is 0.682. The second-order valence-electron chi connectivity index (χ2n) is 8.32. The SMILES string of the molecule is CC1CCN(CCC2CCC(O)C(C(=O)N(C)Cc3ccccc3)O2)CC1. The van der Waals surface area contributed by atoms with E-state index in [-0.39, 0.29) is 12.0 Å². The zero-order valence-electron chi connectivity index (χ0n) is 16.7. The minimum absolute atomic E-state index is 0.0619. The summed E-state index contributed by atoms with van der Waals surface area (Å²) in [5, 5.41) is 10.3. The molecular formula is C22H34N2O3. The first kappa shape index (κ1) is 20.3. The molecule has 0 aromatic heterocycles. The fourth-order valence-electron chi connectivity index (χ4n) is 4.07. The summed E-state index contributed by atoms with van der Waals surface area (Å²) in [5.41, 5.74) is 1.08. The van der Waals surface area contributed by atoms with Crippen molar-refractivity contribution in [3.05, 3.63) is 35.9 Å². The van der Waals surface area contributed by atoms with Gasteiger partial charge < -0.3 is 19.6 Å². The van der Waals surface area contributed by atoms with Crippen molar-refractivity contribution in [3.63, 3.8) is 0 Å². The van der Waals surface area contributed by atoms with E-state index in [4.69, 9.17) is 4.74 Å². The van der Waals surface area contributed by atoms with Crippen molar-refractivity contribution < 1.29 is 14.6 Å². The summed E-state index contributed by atoms with van der Waals surface area (Å²) in [6.45, 7) is 6.21. The van der Waals surface area contributed by atoms with E-state index in [9.17, 15) is 9.90 Å². The van der Waals surface area contributed by atoms with Gasteiger partial charge in [0.25, 0.3) is 5.91 Å². The third-order valence-corrected chi connectivity index (χ3v) is 6.00. The van der Waals surface area contributed by atoms with E-state index in [1.165, 1.54) is 25.9 Å². The molecule has 0 bridgehead atoms. The van der Waals surface area contributed by atoms with Gasteiger partial charge in [-0.2, -0.15) is 0 Å². The Kier molecular flexibility index (Phi) is 7.27. The maximum atomic E-state index is 12.8. The van der Waals surface area contributed by atoms with Crippen LogP contribution in [0.5, 0.6) is 0 Å².